The number of sulfonamides is 1. The van der Waals surface area contributed by atoms with Crippen molar-refractivity contribution in [3.05, 3.63) is 36.5 Å². The molecule has 2 aromatic rings. The quantitative estimate of drug-likeness (QED) is 0.902. The van der Waals surface area contributed by atoms with Crippen molar-refractivity contribution in [2.45, 2.75) is 37.2 Å². The highest BCUT2D eigenvalue weighted by Gasteiger charge is 2.47. The van der Waals surface area contributed by atoms with Gasteiger partial charge in [-0.1, -0.05) is 19.9 Å². The number of nitrogens with two attached hydrogens (primary N) is 1. The van der Waals surface area contributed by atoms with Crippen LogP contribution in [0, 0.1) is 5.41 Å². The van der Waals surface area contributed by atoms with Crippen LogP contribution in [-0.2, 0) is 10.0 Å². The highest BCUT2D eigenvalue weighted by molar-refractivity contribution is 7.89. The average molecular weight is 305 g/mol. The molecule has 0 spiro atoms. The second kappa shape index (κ2) is 4.76. The summed E-state index contributed by atoms with van der Waals surface area (Å²) >= 11 is 0. The second-order valence-corrected chi connectivity index (χ2v) is 7.85. The maximum atomic E-state index is 12.7. The minimum absolute atomic E-state index is 0.0272. The second-order valence-electron chi connectivity index (χ2n) is 6.16. The van der Waals surface area contributed by atoms with E-state index in [0.717, 1.165) is 0 Å². The van der Waals surface area contributed by atoms with Crippen molar-refractivity contribution in [2.24, 2.45) is 11.1 Å². The van der Waals surface area contributed by atoms with Gasteiger partial charge in [-0.3, -0.25) is 4.98 Å². The number of aromatic nitrogens is 1. The highest BCUT2D eigenvalue weighted by Crippen LogP contribution is 2.40. The van der Waals surface area contributed by atoms with Crippen LogP contribution in [-0.4, -0.2) is 25.5 Å². The van der Waals surface area contributed by atoms with Crippen LogP contribution >= 0.6 is 0 Å². The summed E-state index contributed by atoms with van der Waals surface area (Å²) < 4.78 is 28.1. The first-order valence-corrected chi connectivity index (χ1v) is 8.42. The summed E-state index contributed by atoms with van der Waals surface area (Å²) in [6.07, 6.45) is 2.31. The fourth-order valence-electron chi connectivity index (χ4n) is 2.72. The Morgan fingerprint density at radius 2 is 2.05 bits per heavy atom. The molecule has 1 aromatic heterocycles. The van der Waals surface area contributed by atoms with E-state index in [1.54, 1.807) is 36.5 Å². The summed E-state index contributed by atoms with van der Waals surface area (Å²) in [6, 6.07) is 8.53. The molecule has 0 saturated heterocycles. The lowest BCUT2D eigenvalue weighted by atomic mass is 9.64. The third kappa shape index (κ3) is 2.33. The van der Waals surface area contributed by atoms with Gasteiger partial charge in [-0.2, -0.15) is 0 Å². The minimum atomic E-state index is -3.59. The molecule has 1 saturated carbocycles. The SMILES string of the molecule is CC1(C)C(N)CC1NS(=O)(=O)c1cccc2ncccc12. The van der Waals surface area contributed by atoms with Gasteiger partial charge in [-0.15, -0.1) is 0 Å². The van der Waals surface area contributed by atoms with Gasteiger partial charge in [0.1, 0.15) is 0 Å². The van der Waals surface area contributed by atoms with Crippen LogP contribution in [0.1, 0.15) is 20.3 Å². The summed E-state index contributed by atoms with van der Waals surface area (Å²) in [5, 5.41) is 0.633. The predicted molar refractivity (Wildman–Crippen MR) is 82.2 cm³/mol. The third-order valence-electron chi connectivity index (χ3n) is 4.54. The van der Waals surface area contributed by atoms with Gasteiger partial charge >= 0.3 is 0 Å². The topological polar surface area (TPSA) is 85.1 Å². The van der Waals surface area contributed by atoms with Gasteiger partial charge < -0.3 is 5.73 Å². The minimum Gasteiger partial charge on any atom is -0.327 e. The molecule has 1 heterocycles. The Balaban J connectivity index is 1.98. The fraction of sp³-hybridized carbons (Fsp3) is 0.400. The van der Waals surface area contributed by atoms with Gasteiger partial charge in [0.15, 0.2) is 0 Å². The largest absolute Gasteiger partial charge is 0.327 e. The lowest BCUT2D eigenvalue weighted by Gasteiger charge is -2.50. The van der Waals surface area contributed by atoms with E-state index >= 15 is 0 Å². The molecule has 1 aliphatic carbocycles. The van der Waals surface area contributed by atoms with E-state index in [0.29, 0.717) is 17.3 Å². The number of fused-ring (bicyclic) bond motifs is 1. The molecule has 6 heteroatoms. The third-order valence-corrected chi connectivity index (χ3v) is 6.07. The average Bonchev–Trinajstić information content (AvgIpc) is 2.46. The molecular weight excluding hydrogens is 286 g/mol. The van der Waals surface area contributed by atoms with Crippen LogP contribution in [0.5, 0.6) is 0 Å². The van der Waals surface area contributed by atoms with E-state index in [2.05, 4.69) is 9.71 Å². The molecule has 0 bridgehead atoms. The van der Waals surface area contributed by atoms with Gasteiger partial charge in [0.25, 0.3) is 0 Å². The van der Waals surface area contributed by atoms with Gasteiger partial charge in [0.2, 0.25) is 10.0 Å². The summed E-state index contributed by atoms with van der Waals surface area (Å²) in [6.45, 7) is 3.97. The molecule has 2 atom stereocenters. The Morgan fingerprint density at radius 3 is 2.71 bits per heavy atom. The maximum absolute atomic E-state index is 12.7. The van der Waals surface area contributed by atoms with Gasteiger partial charge in [0.05, 0.1) is 10.4 Å². The van der Waals surface area contributed by atoms with Crippen molar-refractivity contribution in [1.29, 1.82) is 0 Å². The number of benzene rings is 1. The van der Waals surface area contributed by atoms with E-state index in [4.69, 9.17) is 5.73 Å². The first-order valence-electron chi connectivity index (χ1n) is 6.94. The molecular formula is C15H19N3O2S. The zero-order valence-electron chi connectivity index (χ0n) is 12.1. The van der Waals surface area contributed by atoms with Gasteiger partial charge in [-0.25, -0.2) is 13.1 Å². The van der Waals surface area contributed by atoms with Crippen LogP contribution in [0.25, 0.3) is 10.9 Å². The predicted octanol–water partition coefficient (Wildman–Crippen LogP) is 1.64. The molecule has 3 N–H and O–H groups in total. The first-order chi connectivity index (χ1) is 9.82. The van der Waals surface area contributed by atoms with E-state index in [1.807, 2.05) is 13.8 Å². The summed E-state index contributed by atoms with van der Waals surface area (Å²) in [5.41, 5.74) is 6.39. The molecule has 1 fully saturated rings. The highest BCUT2D eigenvalue weighted by atomic mass is 32.2. The molecule has 2 unspecified atom stereocenters. The van der Waals surface area contributed by atoms with Crippen LogP contribution < -0.4 is 10.5 Å². The Labute approximate surface area is 124 Å². The Kier molecular flexibility index (Phi) is 3.27. The van der Waals surface area contributed by atoms with E-state index in [9.17, 15) is 8.42 Å². The number of hydrogen-bond acceptors (Lipinski definition) is 4. The van der Waals surface area contributed by atoms with Crippen molar-refractivity contribution in [1.82, 2.24) is 9.71 Å². The van der Waals surface area contributed by atoms with E-state index < -0.39 is 10.0 Å². The van der Waals surface area contributed by atoms with Crippen molar-refractivity contribution < 1.29 is 8.42 Å². The Hall–Kier alpha value is -1.50. The molecule has 1 aliphatic rings. The normalized spacial score (nSPS) is 24.7. The first kappa shape index (κ1) is 14.4. The van der Waals surface area contributed by atoms with Crippen LogP contribution in [0.2, 0.25) is 0 Å². The van der Waals surface area contributed by atoms with E-state index in [-0.39, 0.29) is 22.4 Å². The zero-order chi connectivity index (χ0) is 15.3. The molecule has 112 valence electrons. The standard InChI is InChI=1S/C15H19N3O2S/c1-15(2)13(16)9-14(15)18-21(19,20)12-7-3-6-11-10(12)5-4-8-17-11/h3-8,13-14,18H,9,16H2,1-2H3. The molecule has 0 aliphatic heterocycles. The summed E-state index contributed by atoms with van der Waals surface area (Å²) in [7, 11) is -3.59. The van der Waals surface area contributed by atoms with Gasteiger partial charge in [-0.05, 0) is 36.1 Å². The molecule has 0 amide bonds. The summed E-state index contributed by atoms with van der Waals surface area (Å²) in [5.74, 6) is 0. The Morgan fingerprint density at radius 1 is 1.29 bits per heavy atom. The number of nitrogens with zero attached hydrogens (tertiary/aromatic N) is 1. The monoisotopic (exact) mass is 305 g/mol. The van der Waals surface area contributed by atoms with Crippen LogP contribution in [0.3, 0.4) is 0 Å². The van der Waals surface area contributed by atoms with Gasteiger partial charge in [0, 0.05) is 23.7 Å². The molecule has 21 heavy (non-hydrogen) atoms. The van der Waals surface area contributed by atoms with Crippen LogP contribution in [0.4, 0.5) is 0 Å². The number of pyridine rings is 1. The molecule has 5 nitrogen and oxygen atoms in total. The van der Waals surface area contributed by atoms with Crippen molar-refractivity contribution in [2.75, 3.05) is 0 Å². The number of rotatable bonds is 3. The fourth-order valence-corrected chi connectivity index (χ4v) is 4.34. The molecule has 3 rings (SSSR count). The van der Waals surface area contributed by atoms with Crippen molar-refractivity contribution in [3.63, 3.8) is 0 Å². The van der Waals surface area contributed by atoms with Crippen molar-refractivity contribution in [3.8, 4) is 0 Å². The summed E-state index contributed by atoms with van der Waals surface area (Å²) in [4.78, 5) is 4.47. The van der Waals surface area contributed by atoms with E-state index in [1.165, 1.54) is 0 Å². The number of hydrogen-bond donors (Lipinski definition) is 2. The number of nitrogens with one attached hydrogen (secondary N) is 1. The van der Waals surface area contributed by atoms with Crippen molar-refractivity contribution >= 4 is 20.9 Å². The smallest absolute Gasteiger partial charge is 0.241 e. The lowest BCUT2D eigenvalue weighted by Crippen LogP contribution is -2.64. The Bertz CT molecular complexity index is 781. The maximum Gasteiger partial charge on any atom is 0.241 e. The molecule has 1 aromatic carbocycles. The lowest BCUT2D eigenvalue weighted by molar-refractivity contribution is 0.0904. The van der Waals surface area contributed by atoms with Crippen LogP contribution in [0.15, 0.2) is 41.4 Å². The zero-order valence-corrected chi connectivity index (χ0v) is 12.9. The molecule has 0 radical (unpaired) electrons.